The van der Waals surface area contributed by atoms with Crippen molar-refractivity contribution >= 4 is 23.5 Å². The van der Waals surface area contributed by atoms with E-state index < -0.39 is 0 Å². The summed E-state index contributed by atoms with van der Waals surface area (Å²) in [5, 5.41) is 7.91. The molecule has 0 saturated carbocycles. The van der Waals surface area contributed by atoms with Crippen LogP contribution in [0.25, 0.3) is 0 Å². The molecule has 106 valence electrons. The van der Waals surface area contributed by atoms with Crippen molar-refractivity contribution in [2.75, 3.05) is 6.79 Å². The van der Waals surface area contributed by atoms with Gasteiger partial charge in [-0.2, -0.15) is 5.10 Å². The van der Waals surface area contributed by atoms with Gasteiger partial charge in [-0.05, 0) is 29.1 Å². The minimum absolute atomic E-state index is 0.0888. The van der Waals surface area contributed by atoms with Crippen LogP contribution in [0, 0.1) is 0 Å². The first-order valence-corrected chi connectivity index (χ1v) is 7.47. The molecule has 0 N–H and O–H groups in total. The number of nitrogens with zero attached hydrogens (tertiary/aromatic N) is 2. The number of amides is 1. The lowest BCUT2D eigenvalue weighted by atomic mass is 10.0. The van der Waals surface area contributed by atoms with E-state index in [1.54, 1.807) is 11.3 Å². The summed E-state index contributed by atoms with van der Waals surface area (Å²) in [7, 11) is 0. The molecule has 1 atom stereocenters. The van der Waals surface area contributed by atoms with Gasteiger partial charge in [-0.15, -0.1) is 11.3 Å². The fourth-order valence-electron chi connectivity index (χ4n) is 2.61. The van der Waals surface area contributed by atoms with Crippen LogP contribution in [0.3, 0.4) is 0 Å². The van der Waals surface area contributed by atoms with Crippen molar-refractivity contribution in [1.29, 1.82) is 0 Å². The first kappa shape index (κ1) is 12.4. The number of benzene rings is 1. The monoisotopic (exact) mass is 300 g/mol. The lowest BCUT2D eigenvalue weighted by molar-refractivity contribution is -0.119. The van der Waals surface area contributed by atoms with E-state index in [1.807, 2.05) is 35.7 Å². The Bertz CT molecular complexity index is 712. The molecule has 0 bridgehead atoms. The maximum Gasteiger partial charge on any atom is 0.231 e. The number of rotatable bonds is 3. The largest absolute Gasteiger partial charge is 0.454 e. The highest BCUT2D eigenvalue weighted by Gasteiger charge is 2.30. The number of ether oxygens (including phenoxy) is 2. The smallest absolute Gasteiger partial charge is 0.231 e. The Hall–Kier alpha value is -2.34. The predicted molar refractivity (Wildman–Crippen MR) is 78.7 cm³/mol. The second-order valence-electron chi connectivity index (χ2n) is 4.84. The van der Waals surface area contributed by atoms with E-state index in [0.717, 1.165) is 34.1 Å². The Morgan fingerprint density at radius 3 is 3.00 bits per heavy atom. The van der Waals surface area contributed by atoms with Crippen LogP contribution in [0.15, 0.2) is 40.8 Å². The lowest BCUT2D eigenvalue weighted by Crippen LogP contribution is -2.17. The first-order chi connectivity index (χ1) is 10.3. The molecule has 0 fully saturated rings. The summed E-state index contributed by atoms with van der Waals surface area (Å²) in [5.41, 5.74) is 1.95. The fourth-order valence-corrected chi connectivity index (χ4v) is 3.33. The van der Waals surface area contributed by atoms with Gasteiger partial charge in [0, 0.05) is 6.42 Å². The summed E-state index contributed by atoms with van der Waals surface area (Å²) >= 11 is 1.63. The van der Waals surface area contributed by atoms with Crippen molar-refractivity contribution in [2.24, 2.45) is 5.10 Å². The van der Waals surface area contributed by atoms with E-state index in [0.29, 0.717) is 6.42 Å². The van der Waals surface area contributed by atoms with Gasteiger partial charge in [0.15, 0.2) is 11.5 Å². The van der Waals surface area contributed by atoms with Gasteiger partial charge in [-0.1, -0.05) is 12.1 Å². The number of hydrogen-bond donors (Lipinski definition) is 0. The molecule has 2 aliphatic rings. The predicted octanol–water partition coefficient (Wildman–Crippen LogP) is 2.78. The van der Waals surface area contributed by atoms with Crippen LogP contribution in [0.5, 0.6) is 11.5 Å². The Labute approximate surface area is 125 Å². The lowest BCUT2D eigenvalue weighted by Gasteiger charge is -2.17. The van der Waals surface area contributed by atoms with Crippen LogP contribution < -0.4 is 9.47 Å². The minimum atomic E-state index is -0.0888. The maximum atomic E-state index is 11.3. The minimum Gasteiger partial charge on any atom is -0.454 e. The zero-order chi connectivity index (χ0) is 14.2. The second-order valence-corrected chi connectivity index (χ2v) is 5.79. The number of thiophene rings is 1. The number of fused-ring (bicyclic) bond motifs is 1. The first-order valence-electron chi connectivity index (χ1n) is 6.59. The molecule has 4 rings (SSSR count). The molecule has 2 aliphatic heterocycles. The Balaban J connectivity index is 1.65. The maximum absolute atomic E-state index is 11.3. The van der Waals surface area contributed by atoms with Crippen molar-refractivity contribution in [2.45, 2.75) is 12.5 Å². The quantitative estimate of drug-likeness (QED) is 0.819. The standard InChI is InChI=1S/C15H12N2O3S/c18-8-17-12(7-11(16-17)15-2-1-5-21-15)10-3-4-13-14(6-10)20-9-19-13/h1-6,8,12H,7,9H2/t12-/m1/s1. The van der Waals surface area contributed by atoms with E-state index in [2.05, 4.69) is 5.10 Å². The molecule has 1 amide bonds. The number of carbonyl (C=O) groups is 1. The Morgan fingerprint density at radius 1 is 1.29 bits per heavy atom. The third-order valence-corrected chi connectivity index (χ3v) is 4.56. The zero-order valence-electron chi connectivity index (χ0n) is 11.1. The summed E-state index contributed by atoms with van der Waals surface area (Å²) in [6.45, 7) is 0.248. The molecule has 0 unspecified atom stereocenters. The summed E-state index contributed by atoms with van der Waals surface area (Å²) in [6.07, 6.45) is 1.48. The second kappa shape index (κ2) is 4.89. The van der Waals surface area contributed by atoms with E-state index in [9.17, 15) is 4.79 Å². The topological polar surface area (TPSA) is 51.1 Å². The van der Waals surface area contributed by atoms with Gasteiger partial charge in [0.1, 0.15) is 0 Å². The van der Waals surface area contributed by atoms with E-state index in [-0.39, 0.29) is 12.8 Å². The van der Waals surface area contributed by atoms with Gasteiger partial charge in [-0.25, -0.2) is 5.01 Å². The van der Waals surface area contributed by atoms with Crippen LogP contribution in [0.1, 0.15) is 22.9 Å². The highest BCUT2D eigenvalue weighted by molar-refractivity contribution is 7.12. The van der Waals surface area contributed by atoms with Crippen LogP contribution in [0.4, 0.5) is 0 Å². The van der Waals surface area contributed by atoms with Crippen LogP contribution in [-0.4, -0.2) is 23.9 Å². The molecule has 21 heavy (non-hydrogen) atoms. The molecule has 3 heterocycles. The van der Waals surface area contributed by atoms with Crippen molar-refractivity contribution in [3.8, 4) is 11.5 Å². The molecule has 1 aromatic carbocycles. The molecule has 0 saturated heterocycles. The fraction of sp³-hybridized carbons (Fsp3) is 0.200. The van der Waals surface area contributed by atoms with E-state index >= 15 is 0 Å². The van der Waals surface area contributed by atoms with Gasteiger partial charge < -0.3 is 9.47 Å². The molecule has 0 aliphatic carbocycles. The highest BCUT2D eigenvalue weighted by Crippen LogP contribution is 2.38. The Kier molecular flexibility index (Phi) is 2.89. The van der Waals surface area contributed by atoms with Crippen LogP contribution >= 0.6 is 11.3 Å². The molecule has 0 spiro atoms. The zero-order valence-corrected chi connectivity index (χ0v) is 11.9. The average molecular weight is 300 g/mol. The van der Waals surface area contributed by atoms with Gasteiger partial charge >= 0.3 is 0 Å². The third-order valence-electron chi connectivity index (χ3n) is 3.64. The summed E-state index contributed by atoms with van der Waals surface area (Å²) in [5.74, 6) is 1.47. The van der Waals surface area contributed by atoms with Crippen molar-refractivity contribution in [3.05, 3.63) is 46.2 Å². The van der Waals surface area contributed by atoms with Crippen LogP contribution in [0.2, 0.25) is 0 Å². The van der Waals surface area contributed by atoms with Crippen molar-refractivity contribution in [1.82, 2.24) is 5.01 Å². The molecular formula is C15H12N2O3S. The van der Waals surface area contributed by atoms with Crippen LogP contribution in [-0.2, 0) is 4.79 Å². The molecule has 5 nitrogen and oxygen atoms in total. The number of hydrazone groups is 1. The van der Waals surface area contributed by atoms with E-state index in [4.69, 9.17) is 9.47 Å². The van der Waals surface area contributed by atoms with E-state index in [1.165, 1.54) is 5.01 Å². The van der Waals surface area contributed by atoms with Crippen molar-refractivity contribution in [3.63, 3.8) is 0 Å². The van der Waals surface area contributed by atoms with Gasteiger partial charge in [0.05, 0.1) is 16.6 Å². The summed E-state index contributed by atoms with van der Waals surface area (Å²) in [4.78, 5) is 12.4. The summed E-state index contributed by atoms with van der Waals surface area (Å²) in [6, 6.07) is 9.69. The molecule has 0 radical (unpaired) electrons. The van der Waals surface area contributed by atoms with Gasteiger partial charge in [-0.3, -0.25) is 4.79 Å². The molecule has 2 aromatic rings. The molecule has 1 aromatic heterocycles. The average Bonchev–Trinajstić information content (AvgIpc) is 3.24. The van der Waals surface area contributed by atoms with Gasteiger partial charge in [0.2, 0.25) is 13.2 Å². The Morgan fingerprint density at radius 2 is 2.19 bits per heavy atom. The highest BCUT2D eigenvalue weighted by atomic mass is 32.1. The number of hydrogen-bond acceptors (Lipinski definition) is 5. The molecular weight excluding hydrogens is 288 g/mol. The van der Waals surface area contributed by atoms with Crippen molar-refractivity contribution < 1.29 is 14.3 Å². The SMILES string of the molecule is O=CN1N=C(c2cccs2)C[C@@H]1c1ccc2c(c1)OCO2. The summed E-state index contributed by atoms with van der Waals surface area (Å²) < 4.78 is 10.7. The normalized spacial score (nSPS) is 19.7. The number of carbonyl (C=O) groups excluding carboxylic acids is 1. The molecule has 6 heteroatoms. The van der Waals surface area contributed by atoms with Gasteiger partial charge in [0.25, 0.3) is 0 Å². The third kappa shape index (κ3) is 2.08.